The molecule has 0 radical (unpaired) electrons. The molecule has 100 valence electrons. The maximum absolute atomic E-state index is 10.6. The van der Waals surface area contributed by atoms with Gasteiger partial charge >= 0.3 is 5.97 Å². The van der Waals surface area contributed by atoms with Crippen LogP contribution in [0.5, 0.6) is 0 Å². The molecular weight excluding hydrogens is 262 g/mol. The van der Waals surface area contributed by atoms with E-state index in [1.807, 2.05) is 37.4 Å². The number of carbonyl (C=O) groups is 1. The summed E-state index contributed by atoms with van der Waals surface area (Å²) in [5, 5.41) is 9.40. The van der Waals surface area contributed by atoms with E-state index >= 15 is 0 Å². The lowest BCUT2D eigenvalue weighted by Crippen LogP contribution is -2.02. The number of rotatable bonds is 5. The molecule has 0 spiro atoms. The molecule has 19 heavy (non-hydrogen) atoms. The van der Waals surface area contributed by atoms with Gasteiger partial charge in [-0.05, 0) is 42.7 Å². The van der Waals surface area contributed by atoms with E-state index in [4.69, 9.17) is 16.7 Å². The van der Waals surface area contributed by atoms with Crippen molar-refractivity contribution in [2.45, 2.75) is 26.3 Å². The molecule has 2 aromatic rings. The molecule has 0 aliphatic carbocycles. The first-order valence-electron chi connectivity index (χ1n) is 6.21. The highest BCUT2D eigenvalue weighted by molar-refractivity contribution is 6.30. The second-order valence-corrected chi connectivity index (χ2v) is 5.04. The standard InChI is InChI=1S/C15H16ClNO2/c1-11-9-14(12-4-6-13(16)7-5-12)17(10-11)8-2-3-15(18)19/h4-7,9-10H,2-3,8H2,1H3,(H,18,19). The van der Waals surface area contributed by atoms with Crippen LogP contribution in [0.2, 0.25) is 5.02 Å². The third-order valence-electron chi connectivity index (χ3n) is 2.96. The van der Waals surface area contributed by atoms with Crippen molar-refractivity contribution in [3.05, 3.63) is 47.1 Å². The van der Waals surface area contributed by atoms with Crippen LogP contribution >= 0.6 is 11.6 Å². The van der Waals surface area contributed by atoms with Gasteiger partial charge in [0.15, 0.2) is 0 Å². The average molecular weight is 278 g/mol. The Morgan fingerprint density at radius 3 is 2.63 bits per heavy atom. The summed E-state index contributed by atoms with van der Waals surface area (Å²) in [5.74, 6) is -0.753. The Bertz CT molecular complexity index is 572. The number of carboxylic acid groups (broad SMARTS) is 1. The van der Waals surface area contributed by atoms with Gasteiger partial charge in [-0.15, -0.1) is 0 Å². The van der Waals surface area contributed by atoms with Gasteiger partial charge in [0.1, 0.15) is 0 Å². The number of hydrogen-bond donors (Lipinski definition) is 1. The van der Waals surface area contributed by atoms with Crippen molar-refractivity contribution >= 4 is 17.6 Å². The second kappa shape index (κ2) is 5.93. The van der Waals surface area contributed by atoms with Crippen LogP contribution in [0.15, 0.2) is 36.5 Å². The normalized spacial score (nSPS) is 10.6. The minimum atomic E-state index is -0.753. The largest absolute Gasteiger partial charge is 0.481 e. The van der Waals surface area contributed by atoms with Crippen molar-refractivity contribution in [3.8, 4) is 11.3 Å². The molecule has 1 aromatic carbocycles. The molecule has 0 fully saturated rings. The van der Waals surface area contributed by atoms with Crippen molar-refractivity contribution in [3.63, 3.8) is 0 Å². The van der Waals surface area contributed by atoms with E-state index in [0.29, 0.717) is 18.0 Å². The van der Waals surface area contributed by atoms with Gasteiger partial charge in [-0.25, -0.2) is 0 Å². The fourth-order valence-electron chi connectivity index (χ4n) is 2.11. The highest BCUT2D eigenvalue weighted by Gasteiger charge is 2.07. The van der Waals surface area contributed by atoms with Crippen LogP contribution in [0.4, 0.5) is 0 Å². The zero-order chi connectivity index (χ0) is 13.8. The SMILES string of the molecule is Cc1cc(-c2ccc(Cl)cc2)n(CCCC(=O)O)c1. The Labute approximate surface area is 117 Å². The molecule has 2 rings (SSSR count). The van der Waals surface area contributed by atoms with Crippen LogP contribution in [-0.4, -0.2) is 15.6 Å². The van der Waals surface area contributed by atoms with Crippen molar-refractivity contribution in [1.82, 2.24) is 4.57 Å². The molecule has 0 bridgehead atoms. The predicted molar refractivity (Wildman–Crippen MR) is 76.5 cm³/mol. The second-order valence-electron chi connectivity index (χ2n) is 4.60. The number of aliphatic carboxylic acids is 1. The molecule has 0 saturated carbocycles. The minimum absolute atomic E-state index is 0.192. The zero-order valence-electron chi connectivity index (χ0n) is 10.8. The first kappa shape index (κ1) is 13.7. The fourth-order valence-corrected chi connectivity index (χ4v) is 2.23. The summed E-state index contributed by atoms with van der Waals surface area (Å²) < 4.78 is 2.10. The summed E-state index contributed by atoms with van der Waals surface area (Å²) in [7, 11) is 0. The molecule has 0 saturated heterocycles. The number of halogens is 1. The average Bonchev–Trinajstić information content (AvgIpc) is 2.71. The molecule has 1 N–H and O–H groups in total. The van der Waals surface area contributed by atoms with Gasteiger partial charge in [0.2, 0.25) is 0 Å². The molecule has 0 atom stereocenters. The first-order chi connectivity index (χ1) is 9.06. The summed E-state index contributed by atoms with van der Waals surface area (Å²) in [6.07, 6.45) is 2.87. The molecule has 0 aliphatic heterocycles. The van der Waals surface area contributed by atoms with E-state index in [-0.39, 0.29) is 6.42 Å². The van der Waals surface area contributed by atoms with Crippen LogP contribution in [-0.2, 0) is 11.3 Å². The molecule has 3 nitrogen and oxygen atoms in total. The van der Waals surface area contributed by atoms with E-state index in [9.17, 15) is 4.79 Å². The van der Waals surface area contributed by atoms with Crippen LogP contribution in [0.25, 0.3) is 11.3 Å². The molecule has 0 amide bonds. The summed E-state index contributed by atoms with van der Waals surface area (Å²) in [6.45, 7) is 2.74. The lowest BCUT2D eigenvalue weighted by molar-refractivity contribution is -0.137. The van der Waals surface area contributed by atoms with E-state index < -0.39 is 5.97 Å². The number of aryl methyl sites for hydroxylation is 2. The molecule has 4 heteroatoms. The van der Waals surface area contributed by atoms with Gasteiger partial charge in [0.05, 0.1) is 0 Å². The Kier molecular flexibility index (Phi) is 4.27. The maximum Gasteiger partial charge on any atom is 0.303 e. The third kappa shape index (κ3) is 3.61. The smallest absolute Gasteiger partial charge is 0.303 e. The summed E-state index contributed by atoms with van der Waals surface area (Å²) >= 11 is 5.89. The molecule has 1 heterocycles. The highest BCUT2D eigenvalue weighted by atomic mass is 35.5. The number of aromatic nitrogens is 1. The predicted octanol–water partition coefficient (Wildman–Crippen LogP) is 3.98. The minimum Gasteiger partial charge on any atom is -0.481 e. The Morgan fingerprint density at radius 2 is 2.00 bits per heavy atom. The molecule has 1 aromatic heterocycles. The first-order valence-corrected chi connectivity index (χ1v) is 6.58. The molecule has 0 aliphatic rings. The van der Waals surface area contributed by atoms with Crippen LogP contribution < -0.4 is 0 Å². The maximum atomic E-state index is 10.6. The van der Waals surface area contributed by atoms with E-state index in [1.165, 1.54) is 5.56 Å². The van der Waals surface area contributed by atoms with Gasteiger partial charge in [-0.3, -0.25) is 4.79 Å². The van der Waals surface area contributed by atoms with Gasteiger partial charge in [-0.2, -0.15) is 0 Å². The fraction of sp³-hybridized carbons (Fsp3) is 0.267. The number of nitrogens with zero attached hydrogens (tertiary/aromatic N) is 1. The Balaban J connectivity index is 2.20. The van der Waals surface area contributed by atoms with E-state index in [0.717, 1.165) is 11.3 Å². The highest BCUT2D eigenvalue weighted by Crippen LogP contribution is 2.24. The van der Waals surface area contributed by atoms with Gasteiger partial charge < -0.3 is 9.67 Å². The van der Waals surface area contributed by atoms with Crippen molar-refractivity contribution in [2.24, 2.45) is 0 Å². The Morgan fingerprint density at radius 1 is 1.32 bits per heavy atom. The lowest BCUT2D eigenvalue weighted by atomic mass is 10.1. The van der Waals surface area contributed by atoms with Crippen molar-refractivity contribution < 1.29 is 9.90 Å². The quantitative estimate of drug-likeness (QED) is 0.898. The Hall–Kier alpha value is -1.74. The van der Waals surface area contributed by atoms with E-state index in [2.05, 4.69) is 10.6 Å². The topological polar surface area (TPSA) is 42.2 Å². The summed E-state index contributed by atoms with van der Waals surface area (Å²) in [6, 6.07) is 9.78. The summed E-state index contributed by atoms with van der Waals surface area (Å²) in [5.41, 5.74) is 3.35. The van der Waals surface area contributed by atoms with Gasteiger partial charge in [-0.1, -0.05) is 23.7 Å². The van der Waals surface area contributed by atoms with Crippen LogP contribution in [0.1, 0.15) is 18.4 Å². The third-order valence-corrected chi connectivity index (χ3v) is 3.21. The van der Waals surface area contributed by atoms with Crippen LogP contribution in [0.3, 0.4) is 0 Å². The van der Waals surface area contributed by atoms with Gasteiger partial charge in [0, 0.05) is 29.9 Å². The van der Waals surface area contributed by atoms with E-state index in [1.54, 1.807) is 0 Å². The number of hydrogen-bond acceptors (Lipinski definition) is 1. The van der Waals surface area contributed by atoms with Gasteiger partial charge in [0.25, 0.3) is 0 Å². The lowest BCUT2D eigenvalue weighted by Gasteiger charge is -2.08. The summed E-state index contributed by atoms with van der Waals surface area (Å²) in [4.78, 5) is 10.6. The zero-order valence-corrected chi connectivity index (χ0v) is 11.5. The monoisotopic (exact) mass is 277 g/mol. The van der Waals surface area contributed by atoms with Crippen molar-refractivity contribution in [2.75, 3.05) is 0 Å². The number of benzene rings is 1. The molecule has 0 unspecified atom stereocenters. The number of carboxylic acids is 1. The molecular formula is C15H16ClNO2. The van der Waals surface area contributed by atoms with Crippen molar-refractivity contribution in [1.29, 1.82) is 0 Å². The van der Waals surface area contributed by atoms with Crippen LogP contribution in [0, 0.1) is 6.92 Å².